The third-order valence-corrected chi connectivity index (χ3v) is 2.12. The van der Waals surface area contributed by atoms with Crippen LogP contribution in [0.5, 0.6) is 0 Å². The van der Waals surface area contributed by atoms with Gasteiger partial charge in [-0.2, -0.15) is 0 Å². The van der Waals surface area contributed by atoms with Crippen LogP contribution in [-0.4, -0.2) is 29.0 Å². The van der Waals surface area contributed by atoms with Gasteiger partial charge in [0.25, 0.3) is 0 Å². The Hall–Kier alpha value is -0.810. The average Bonchev–Trinajstić information content (AvgIpc) is 2.20. The Morgan fingerprint density at radius 3 is 2.93 bits per heavy atom. The molecular formula is C8H16ClN5. The van der Waals surface area contributed by atoms with Crippen LogP contribution in [0.15, 0.2) is 9.98 Å². The lowest BCUT2D eigenvalue weighted by Gasteiger charge is -2.29. The molecule has 0 aromatic carbocycles. The van der Waals surface area contributed by atoms with Crippen molar-refractivity contribution in [3.05, 3.63) is 0 Å². The lowest BCUT2D eigenvalue weighted by molar-refractivity contribution is 0.393. The van der Waals surface area contributed by atoms with Gasteiger partial charge in [0.2, 0.25) is 11.6 Å². The highest BCUT2D eigenvalue weighted by atomic mass is 35.5. The lowest BCUT2D eigenvalue weighted by Crippen LogP contribution is -2.55. The van der Waals surface area contributed by atoms with E-state index in [2.05, 4.69) is 22.2 Å². The predicted octanol–water partition coefficient (Wildman–Crippen LogP) is 0.862. The SMILES string of the molecule is CCCN=C1NC(CC)=NC(Cl)N1N. The molecule has 0 bridgehead atoms. The fraction of sp³-hybridized carbons (Fsp3) is 0.750. The summed E-state index contributed by atoms with van der Waals surface area (Å²) < 4.78 is 0. The van der Waals surface area contributed by atoms with Gasteiger partial charge in [0.05, 0.1) is 0 Å². The summed E-state index contributed by atoms with van der Waals surface area (Å²) in [6, 6.07) is 0. The Labute approximate surface area is 89.0 Å². The highest BCUT2D eigenvalue weighted by Crippen LogP contribution is 2.08. The Morgan fingerprint density at radius 1 is 1.64 bits per heavy atom. The minimum Gasteiger partial charge on any atom is -0.313 e. The second-order valence-corrected chi connectivity index (χ2v) is 3.37. The molecule has 1 aliphatic rings. The molecule has 5 nitrogen and oxygen atoms in total. The number of hydrazine groups is 1. The van der Waals surface area contributed by atoms with Gasteiger partial charge in [-0.05, 0) is 6.42 Å². The van der Waals surface area contributed by atoms with E-state index >= 15 is 0 Å². The van der Waals surface area contributed by atoms with Gasteiger partial charge >= 0.3 is 0 Å². The highest BCUT2D eigenvalue weighted by molar-refractivity contribution is 6.23. The van der Waals surface area contributed by atoms with Crippen molar-refractivity contribution < 1.29 is 0 Å². The molecule has 0 radical (unpaired) electrons. The Kier molecular flexibility index (Phi) is 4.16. The number of aliphatic imine (C=N–C) groups is 2. The van der Waals surface area contributed by atoms with Crippen molar-refractivity contribution in [2.75, 3.05) is 6.54 Å². The molecule has 3 N–H and O–H groups in total. The number of hydrogen-bond donors (Lipinski definition) is 2. The maximum absolute atomic E-state index is 5.91. The predicted molar refractivity (Wildman–Crippen MR) is 59.1 cm³/mol. The molecule has 0 fully saturated rings. The molecule has 1 unspecified atom stereocenters. The second-order valence-electron chi connectivity index (χ2n) is 2.98. The summed E-state index contributed by atoms with van der Waals surface area (Å²) in [5, 5.41) is 4.36. The number of rotatable bonds is 3. The monoisotopic (exact) mass is 217 g/mol. The molecule has 0 saturated heterocycles. The van der Waals surface area contributed by atoms with E-state index in [1.807, 2.05) is 6.92 Å². The maximum Gasteiger partial charge on any atom is 0.216 e. The van der Waals surface area contributed by atoms with Crippen LogP contribution < -0.4 is 11.2 Å². The summed E-state index contributed by atoms with van der Waals surface area (Å²) in [4.78, 5) is 8.40. The Bertz CT molecular complexity index is 250. The largest absolute Gasteiger partial charge is 0.313 e. The van der Waals surface area contributed by atoms with E-state index in [0.29, 0.717) is 5.96 Å². The highest BCUT2D eigenvalue weighted by Gasteiger charge is 2.22. The molecule has 1 rings (SSSR count). The molecule has 1 aliphatic heterocycles. The molecule has 0 aromatic heterocycles. The van der Waals surface area contributed by atoms with E-state index in [4.69, 9.17) is 17.4 Å². The smallest absolute Gasteiger partial charge is 0.216 e. The summed E-state index contributed by atoms with van der Waals surface area (Å²) in [6.07, 6.45) is 1.77. The van der Waals surface area contributed by atoms with E-state index in [1.54, 1.807) is 0 Å². The van der Waals surface area contributed by atoms with Gasteiger partial charge in [-0.3, -0.25) is 4.99 Å². The van der Waals surface area contributed by atoms with E-state index in [-0.39, 0.29) is 0 Å². The first-order chi connectivity index (χ1) is 6.69. The van der Waals surface area contributed by atoms with Crippen LogP contribution in [0.3, 0.4) is 0 Å². The zero-order valence-electron chi connectivity index (χ0n) is 8.50. The van der Waals surface area contributed by atoms with Crippen molar-refractivity contribution in [1.29, 1.82) is 0 Å². The normalized spacial score (nSPS) is 24.9. The zero-order valence-corrected chi connectivity index (χ0v) is 9.25. The molecule has 0 aromatic rings. The molecule has 0 saturated carbocycles. The van der Waals surface area contributed by atoms with Gasteiger partial charge in [0, 0.05) is 13.0 Å². The first-order valence-corrected chi connectivity index (χ1v) is 5.18. The van der Waals surface area contributed by atoms with Crippen LogP contribution >= 0.6 is 11.6 Å². The molecule has 1 atom stereocenters. The van der Waals surface area contributed by atoms with Crippen molar-refractivity contribution in [1.82, 2.24) is 10.3 Å². The average molecular weight is 218 g/mol. The van der Waals surface area contributed by atoms with E-state index in [0.717, 1.165) is 25.2 Å². The van der Waals surface area contributed by atoms with Gasteiger partial charge in [0.1, 0.15) is 5.84 Å². The van der Waals surface area contributed by atoms with E-state index < -0.39 is 5.62 Å². The van der Waals surface area contributed by atoms with Crippen molar-refractivity contribution in [2.45, 2.75) is 32.3 Å². The molecule has 80 valence electrons. The number of amidine groups is 1. The molecule has 1 heterocycles. The number of nitrogens with two attached hydrogens (primary N) is 1. The maximum atomic E-state index is 5.91. The fourth-order valence-electron chi connectivity index (χ4n) is 1.04. The summed E-state index contributed by atoms with van der Waals surface area (Å²) >= 11 is 5.91. The van der Waals surface area contributed by atoms with Gasteiger partial charge in [-0.1, -0.05) is 25.4 Å². The van der Waals surface area contributed by atoms with Crippen molar-refractivity contribution in [3.8, 4) is 0 Å². The van der Waals surface area contributed by atoms with E-state index in [1.165, 1.54) is 5.01 Å². The molecule has 14 heavy (non-hydrogen) atoms. The minimum atomic E-state index is -0.554. The van der Waals surface area contributed by atoms with Crippen LogP contribution in [0.25, 0.3) is 0 Å². The van der Waals surface area contributed by atoms with Crippen LogP contribution in [0.4, 0.5) is 0 Å². The van der Waals surface area contributed by atoms with Gasteiger partial charge < -0.3 is 5.32 Å². The van der Waals surface area contributed by atoms with Gasteiger partial charge in [0.15, 0.2) is 0 Å². The molecule has 0 spiro atoms. The minimum absolute atomic E-state index is 0.554. The summed E-state index contributed by atoms with van der Waals surface area (Å²) in [5.74, 6) is 7.10. The number of guanidine groups is 1. The van der Waals surface area contributed by atoms with Crippen LogP contribution in [0, 0.1) is 0 Å². The first kappa shape index (κ1) is 11.3. The van der Waals surface area contributed by atoms with Gasteiger partial charge in [-0.15, -0.1) is 0 Å². The fourth-order valence-corrected chi connectivity index (χ4v) is 1.25. The number of hydrogen-bond acceptors (Lipinski definition) is 3. The van der Waals surface area contributed by atoms with Crippen molar-refractivity contribution >= 4 is 23.4 Å². The topological polar surface area (TPSA) is 66.0 Å². The van der Waals surface area contributed by atoms with E-state index in [9.17, 15) is 0 Å². The second kappa shape index (κ2) is 5.17. The van der Waals surface area contributed by atoms with Crippen LogP contribution in [0.1, 0.15) is 26.7 Å². The Balaban J connectivity index is 2.74. The quantitative estimate of drug-likeness (QED) is 0.419. The third kappa shape index (κ3) is 2.59. The summed E-state index contributed by atoms with van der Waals surface area (Å²) in [5.41, 5.74) is -0.554. The van der Waals surface area contributed by atoms with Crippen LogP contribution in [-0.2, 0) is 0 Å². The third-order valence-electron chi connectivity index (χ3n) is 1.81. The number of nitrogens with one attached hydrogen (secondary N) is 1. The molecule has 0 aliphatic carbocycles. The molecule has 6 heteroatoms. The first-order valence-electron chi connectivity index (χ1n) is 4.75. The summed E-state index contributed by atoms with van der Waals surface area (Å²) in [7, 11) is 0. The standard InChI is InChI=1S/C8H16ClN5/c1-3-5-11-8-13-6(4-2)12-7(9)14(8)10/h7H,3-5,10H2,1-2H3,(H,11,12,13). The Morgan fingerprint density at radius 2 is 2.36 bits per heavy atom. The summed E-state index contributed by atoms with van der Waals surface area (Å²) in [6.45, 7) is 4.79. The number of alkyl halides is 1. The lowest BCUT2D eigenvalue weighted by atomic mass is 10.4. The number of nitrogens with zero attached hydrogens (tertiary/aromatic N) is 3. The van der Waals surface area contributed by atoms with Gasteiger partial charge in [-0.25, -0.2) is 15.8 Å². The van der Waals surface area contributed by atoms with Crippen LogP contribution in [0.2, 0.25) is 0 Å². The zero-order chi connectivity index (χ0) is 10.6. The molecule has 0 amide bonds. The number of halogens is 1. The van der Waals surface area contributed by atoms with Crippen molar-refractivity contribution in [3.63, 3.8) is 0 Å². The molecular weight excluding hydrogens is 202 g/mol. The van der Waals surface area contributed by atoms with Crippen molar-refractivity contribution in [2.24, 2.45) is 15.8 Å².